The van der Waals surface area contributed by atoms with Crippen molar-refractivity contribution in [1.82, 2.24) is 20.0 Å². The van der Waals surface area contributed by atoms with Crippen LogP contribution in [0.15, 0.2) is 41.2 Å². The highest BCUT2D eigenvalue weighted by atomic mass is 16.6. The van der Waals surface area contributed by atoms with E-state index in [0.717, 1.165) is 11.1 Å². The van der Waals surface area contributed by atoms with Gasteiger partial charge in [-0.3, -0.25) is 9.59 Å². The van der Waals surface area contributed by atoms with Gasteiger partial charge in [0.15, 0.2) is 0 Å². The van der Waals surface area contributed by atoms with E-state index >= 15 is 0 Å². The molecule has 0 radical (unpaired) electrons. The Balaban J connectivity index is 1.61. The number of piperidine rings is 1. The first-order valence-electron chi connectivity index (χ1n) is 9.82. The molecule has 8 heteroatoms. The molecule has 1 saturated heterocycles. The molecule has 0 aliphatic carbocycles. The average molecular weight is 398 g/mol. The van der Waals surface area contributed by atoms with Gasteiger partial charge in [-0.1, -0.05) is 29.8 Å². The Hall–Kier alpha value is -3.16. The molecular formula is C21H26N4O4. The second kappa shape index (κ2) is 9.36. The third-order valence-electron chi connectivity index (χ3n) is 4.91. The van der Waals surface area contributed by atoms with Gasteiger partial charge in [-0.25, -0.2) is 9.48 Å². The molecule has 1 fully saturated rings. The normalized spacial score (nSPS) is 14.5. The topological polar surface area (TPSA) is 93.5 Å². The molecule has 1 aliphatic rings. The minimum absolute atomic E-state index is 0.0487. The van der Waals surface area contributed by atoms with E-state index in [-0.39, 0.29) is 29.3 Å². The van der Waals surface area contributed by atoms with Gasteiger partial charge in [-0.15, -0.1) is 0 Å². The Morgan fingerprint density at radius 3 is 2.48 bits per heavy atom. The van der Waals surface area contributed by atoms with E-state index in [2.05, 4.69) is 10.4 Å². The van der Waals surface area contributed by atoms with Gasteiger partial charge in [-0.05, 0) is 38.3 Å². The lowest BCUT2D eigenvalue weighted by Gasteiger charge is -2.31. The maximum Gasteiger partial charge on any atom is 0.409 e. The molecule has 2 heterocycles. The van der Waals surface area contributed by atoms with Crippen molar-refractivity contribution < 1.29 is 14.3 Å². The van der Waals surface area contributed by atoms with Crippen molar-refractivity contribution in [3.8, 4) is 0 Å². The van der Waals surface area contributed by atoms with Gasteiger partial charge in [0, 0.05) is 25.2 Å². The Morgan fingerprint density at radius 1 is 1.14 bits per heavy atom. The number of hydrogen-bond acceptors (Lipinski definition) is 5. The summed E-state index contributed by atoms with van der Waals surface area (Å²) in [5, 5.41) is 7.18. The number of carbonyl (C=O) groups excluding carboxylic acids is 2. The first kappa shape index (κ1) is 20.6. The quantitative estimate of drug-likeness (QED) is 0.831. The van der Waals surface area contributed by atoms with Gasteiger partial charge in [0.2, 0.25) is 0 Å². The monoisotopic (exact) mass is 398 g/mol. The fourth-order valence-corrected chi connectivity index (χ4v) is 3.23. The highest BCUT2D eigenvalue weighted by Crippen LogP contribution is 2.12. The second-order valence-electron chi connectivity index (χ2n) is 7.13. The minimum Gasteiger partial charge on any atom is -0.450 e. The number of carbonyl (C=O) groups is 2. The summed E-state index contributed by atoms with van der Waals surface area (Å²) < 4.78 is 6.30. The van der Waals surface area contributed by atoms with Crippen molar-refractivity contribution in [2.45, 2.75) is 39.3 Å². The van der Waals surface area contributed by atoms with Gasteiger partial charge in [-0.2, -0.15) is 5.10 Å². The summed E-state index contributed by atoms with van der Waals surface area (Å²) in [4.78, 5) is 38.1. The lowest BCUT2D eigenvalue weighted by atomic mass is 10.1. The number of ether oxygens (including phenoxy) is 1. The third-order valence-corrected chi connectivity index (χ3v) is 4.91. The molecule has 0 unspecified atom stereocenters. The fourth-order valence-electron chi connectivity index (χ4n) is 3.23. The van der Waals surface area contributed by atoms with Gasteiger partial charge in [0.25, 0.3) is 11.5 Å². The van der Waals surface area contributed by atoms with Crippen molar-refractivity contribution in [2.75, 3.05) is 19.7 Å². The van der Waals surface area contributed by atoms with Crippen LogP contribution in [0, 0.1) is 6.92 Å². The molecule has 8 nitrogen and oxygen atoms in total. The standard InChI is InChI=1S/C21H26N4O4/c1-3-29-21(28)24-12-10-17(11-13-24)22-20(27)18-8-9-19(26)25(23-18)14-16-6-4-15(2)5-7-16/h4-9,17H,3,10-14H2,1-2H3,(H,22,27). The zero-order valence-electron chi connectivity index (χ0n) is 16.8. The zero-order chi connectivity index (χ0) is 20.8. The Labute approximate surface area is 169 Å². The van der Waals surface area contributed by atoms with Crippen molar-refractivity contribution in [1.29, 1.82) is 0 Å². The first-order valence-corrected chi connectivity index (χ1v) is 9.82. The smallest absolute Gasteiger partial charge is 0.409 e. The van der Waals surface area contributed by atoms with Crippen LogP contribution in [0.1, 0.15) is 41.4 Å². The molecule has 1 aromatic heterocycles. The molecule has 0 spiro atoms. The molecule has 1 N–H and O–H groups in total. The number of nitrogens with zero attached hydrogens (tertiary/aromatic N) is 3. The largest absolute Gasteiger partial charge is 0.450 e. The SMILES string of the molecule is CCOC(=O)N1CCC(NC(=O)c2ccc(=O)n(Cc3ccc(C)cc3)n2)CC1. The van der Waals surface area contributed by atoms with Crippen LogP contribution in [0.3, 0.4) is 0 Å². The summed E-state index contributed by atoms with van der Waals surface area (Å²) in [5.41, 5.74) is 2.01. The molecule has 2 amide bonds. The van der Waals surface area contributed by atoms with Crippen molar-refractivity contribution in [3.05, 3.63) is 63.6 Å². The minimum atomic E-state index is -0.322. The van der Waals surface area contributed by atoms with Crippen LogP contribution in [-0.2, 0) is 11.3 Å². The third kappa shape index (κ3) is 5.43. The van der Waals surface area contributed by atoms with Crippen LogP contribution < -0.4 is 10.9 Å². The maximum atomic E-state index is 12.6. The van der Waals surface area contributed by atoms with E-state index in [1.807, 2.05) is 31.2 Å². The lowest BCUT2D eigenvalue weighted by molar-refractivity contribution is 0.0855. The van der Waals surface area contributed by atoms with Crippen LogP contribution in [-0.4, -0.2) is 52.4 Å². The molecule has 0 atom stereocenters. The van der Waals surface area contributed by atoms with Crippen molar-refractivity contribution in [3.63, 3.8) is 0 Å². The first-order chi connectivity index (χ1) is 14.0. The van der Waals surface area contributed by atoms with Crippen molar-refractivity contribution >= 4 is 12.0 Å². The Morgan fingerprint density at radius 2 is 1.83 bits per heavy atom. The number of aryl methyl sites for hydroxylation is 1. The molecule has 0 saturated carbocycles. The van der Waals surface area contributed by atoms with Crippen LogP contribution >= 0.6 is 0 Å². The molecule has 2 aromatic rings. The Bertz CT molecular complexity index is 915. The Kier molecular flexibility index (Phi) is 6.64. The molecule has 1 aromatic carbocycles. The predicted molar refractivity (Wildman–Crippen MR) is 108 cm³/mol. The number of likely N-dealkylation sites (tertiary alicyclic amines) is 1. The van der Waals surface area contributed by atoms with Crippen LogP contribution in [0.25, 0.3) is 0 Å². The van der Waals surface area contributed by atoms with Gasteiger partial charge in [0.05, 0.1) is 13.2 Å². The number of rotatable bonds is 5. The number of benzene rings is 1. The van der Waals surface area contributed by atoms with E-state index in [1.165, 1.54) is 16.8 Å². The molecule has 3 rings (SSSR count). The number of hydrogen-bond donors (Lipinski definition) is 1. The van der Waals surface area contributed by atoms with Gasteiger partial charge in [0.1, 0.15) is 5.69 Å². The number of amides is 2. The molecule has 0 bridgehead atoms. The summed E-state index contributed by atoms with van der Waals surface area (Å²) in [7, 11) is 0. The van der Waals surface area contributed by atoms with Crippen molar-refractivity contribution in [2.24, 2.45) is 0 Å². The van der Waals surface area contributed by atoms with E-state index in [9.17, 15) is 14.4 Å². The molecule has 29 heavy (non-hydrogen) atoms. The summed E-state index contributed by atoms with van der Waals surface area (Å²) in [6, 6.07) is 10.6. The van der Waals surface area contributed by atoms with E-state index in [4.69, 9.17) is 4.74 Å². The van der Waals surface area contributed by atoms with Gasteiger partial charge < -0.3 is 15.0 Å². The molecule has 154 valence electrons. The lowest BCUT2D eigenvalue weighted by Crippen LogP contribution is -2.47. The second-order valence-corrected chi connectivity index (χ2v) is 7.13. The summed E-state index contributed by atoms with van der Waals surface area (Å²) in [6.07, 6.45) is 0.975. The fraction of sp³-hybridized carbons (Fsp3) is 0.429. The summed E-state index contributed by atoms with van der Waals surface area (Å²) in [5.74, 6) is -0.322. The van der Waals surface area contributed by atoms with Crippen LogP contribution in [0.2, 0.25) is 0 Å². The highest BCUT2D eigenvalue weighted by Gasteiger charge is 2.25. The van der Waals surface area contributed by atoms with Crippen LogP contribution in [0.5, 0.6) is 0 Å². The summed E-state index contributed by atoms with van der Waals surface area (Å²) in [6.45, 7) is 5.48. The predicted octanol–water partition coefficient (Wildman–Crippen LogP) is 1.95. The maximum absolute atomic E-state index is 12.6. The molecule has 1 aliphatic heterocycles. The van der Waals surface area contributed by atoms with E-state index in [1.54, 1.807) is 11.8 Å². The zero-order valence-corrected chi connectivity index (χ0v) is 16.8. The molecular weight excluding hydrogens is 372 g/mol. The highest BCUT2D eigenvalue weighted by molar-refractivity contribution is 5.92. The van der Waals surface area contributed by atoms with E-state index < -0.39 is 0 Å². The number of aromatic nitrogens is 2. The number of nitrogens with one attached hydrogen (secondary N) is 1. The van der Waals surface area contributed by atoms with E-state index in [0.29, 0.717) is 39.1 Å². The van der Waals surface area contributed by atoms with Gasteiger partial charge >= 0.3 is 6.09 Å². The summed E-state index contributed by atoms with van der Waals surface area (Å²) >= 11 is 0. The average Bonchev–Trinajstić information content (AvgIpc) is 2.72. The van der Waals surface area contributed by atoms with Crippen LogP contribution in [0.4, 0.5) is 4.79 Å².